The number of hydrogen-bond donors (Lipinski definition) is 1. The molecule has 0 atom stereocenters. The van der Waals surface area contributed by atoms with E-state index in [4.69, 9.17) is 10.2 Å². The lowest BCUT2D eigenvalue weighted by Crippen LogP contribution is -2.32. The minimum atomic E-state index is -0.118. The van der Waals surface area contributed by atoms with E-state index in [0.717, 1.165) is 12.0 Å². The molecule has 2 rings (SSSR count). The third-order valence-electron chi connectivity index (χ3n) is 2.92. The number of carbonyl (C=O) groups is 1. The third kappa shape index (κ3) is 3.95. The maximum Gasteiger partial charge on any atom is 0.289 e. The van der Waals surface area contributed by atoms with Crippen LogP contribution in [-0.4, -0.2) is 23.9 Å². The fraction of sp³-hybridized carbons (Fsp3) is 0.267. The molecule has 0 fully saturated rings. The Balaban J connectivity index is 2.12. The summed E-state index contributed by atoms with van der Waals surface area (Å²) >= 11 is 3.21. The number of nitrogens with two attached hydrogens (primary N) is 1. The quantitative estimate of drug-likeness (QED) is 0.881. The molecular weight excluding hydrogens is 320 g/mol. The van der Waals surface area contributed by atoms with Crippen molar-refractivity contribution >= 4 is 21.8 Å². The van der Waals surface area contributed by atoms with Crippen LogP contribution in [0.2, 0.25) is 0 Å². The average Bonchev–Trinajstić information content (AvgIpc) is 2.90. The highest BCUT2D eigenvalue weighted by atomic mass is 79.9. The van der Waals surface area contributed by atoms with E-state index < -0.39 is 0 Å². The maximum absolute atomic E-state index is 12.4. The van der Waals surface area contributed by atoms with Crippen LogP contribution in [0.1, 0.15) is 22.5 Å². The molecule has 0 aliphatic rings. The van der Waals surface area contributed by atoms with Gasteiger partial charge in [-0.05, 0) is 46.6 Å². The van der Waals surface area contributed by atoms with Crippen molar-refractivity contribution in [3.63, 3.8) is 0 Å². The average molecular weight is 337 g/mol. The van der Waals surface area contributed by atoms with Crippen molar-refractivity contribution in [1.82, 2.24) is 4.90 Å². The van der Waals surface area contributed by atoms with E-state index in [-0.39, 0.29) is 5.91 Å². The topological polar surface area (TPSA) is 59.5 Å². The van der Waals surface area contributed by atoms with Gasteiger partial charge in [-0.2, -0.15) is 0 Å². The predicted octanol–water partition coefficient (Wildman–Crippen LogP) is 3.03. The van der Waals surface area contributed by atoms with E-state index in [2.05, 4.69) is 15.9 Å². The molecule has 0 spiro atoms. The van der Waals surface area contributed by atoms with E-state index in [1.54, 1.807) is 17.0 Å². The minimum Gasteiger partial charge on any atom is -0.444 e. The standard InChI is InChI=1S/C15H17BrN2O2/c16-14-8-7-13(20-14)15(19)18(10-4-9-17)11-12-5-2-1-3-6-12/h1-3,5-8H,4,9-11,17H2. The Hall–Kier alpha value is -1.59. The third-order valence-corrected chi connectivity index (χ3v) is 3.35. The Bertz CT molecular complexity index is 554. The van der Waals surface area contributed by atoms with Gasteiger partial charge in [0.15, 0.2) is 10.4 Å². The first-order valence-corrected chi connectivity index (χ1v) is 7.28. The van der Waals surface area contributed by atoms with Crippen molar-refractivity contribution < 1.29 is 9.21 Å². The molecule has 0 unspecified atom stereocenters. The molecule has 0 aliphatic carbocycles. The first-order chi connectivity index (χ1) is 9.70. The SMILES string of the molecule is NCCCN(Cc1ccccc1)C(=O)c1ccc(Br)o1. The van der Waals surface area contributed by atoms with Gasteiger partial charge in [0.1, 0.15) is 0 Å². The number of benzene rings is 1. The fourth-order valence-electron chi connectivity index (χ4n) is 1.92. The summed E-state index contributed by atoms with van der Waals surface area (Å²) in [5.41, 5.74) is 6.63. The molecule has 0 bridgehead atoms. The summed E-state index contributed by atoms with van der Waals surface area (Å²) in [4.78, 5) is 14.2. The van der Waals surface area contributed by atoms with Crippen LogP contribution in [0.4, 0.5) is 0 Å². The maximum atomic E-state index is 12.4. The lowest BCUT2D eigenvalue weighted by atomic mass is 10.2. The molecule has 4 nitrogen and oxygen atoms in total. The highest BCUT2D eigenvalue weighted by Crippen LogP contribution is 2.17. The zero-order chi connectivity index (χ0) is 14.4. The lowest BCUT2D eigenvalue weighted by Gasteiger charge is -2.21. The van der Waals surface area contributed by atoms with Gasteiger partial charge in [-0.25, -0.2) is 0 Å². The Morgan fingerprint density at radius 3 is 2.55 bits per heavy atom. The molecule has 1 heterocycles. The second-order valence-corrected chi connectivity index (χ2v) is 5.24. The van der Waals surface area contributed by atoms with Crippen LogP contribution < -0.4 is 5.73 Å². The van der Waals surface area contributed by atoms with E-state index in [1.165, 1.54) is 0 Å². The van der Waals surface area contributed by atoms with Gasteiger partial charge >= 0.3 is 0 Å². The van der Waals surface area contributed by atoms with Gasteiger partial charge in [0, 0.05) is 13.1 Å². The van der Waals surface area contributed by atoms with Crippen LogP contribution in [0.15, 0.2) is 51.6 Å². The molecule has 5 heteroatoms. The summed E-state index contributed by atoms with van der Waals surface area (Å²) < 4.78 is 5.89. The summed E-state index contributed by atoms with van der Waals surface area (Å²) in [6.45, 7) is 1.72. The van der Waals surface area contributed by atoms with Gasteiger partial charge in [0.05, 0.1) is 0 Å². The molecule has 1 amide bonds. The van der Waals surface area contributed by atoms with Crippen molar-refractivity contribution in [2.24, 2.45) is 5.73 Å². The molecule has 2 N–H and O–H groups in total. The van der Waals surface area contributed by atoms with Crippen LogP contribution in [0.25, 0.3) is 0 Å². The van der Waals surface area contributed by atoms with Crippen molar-refractivity contribution in [3.8, 4) is 0 Å². The van der Waals surface area contributed by atoms with E-state index >= 15 is 0 Å². The normalized spacial score (nSPS) is 10.5. The van der Waals surface area contributed by atoms with Crippen LogP contribution >= 0.6 is 15.9 Å². The van der Waals surface area contributed by atoms with Crippen molar-refractivity contribution in [2.75, 3.05) is 13.1 Å². The van der Waals surface area contributed by atoms with Crippen LogP contribution in [0.3, 0.4) is 0 Å². The molecule has 0 radical (unpaired) electrons. The second-order valence-electron chi connectivity index (χ2n) is 4.46. The second kappa shape index (κ2) is 7.26. The molecule has 1 aromatic carbocycles. The van der Waals surface area contributed by atoms with Crippen LogP contribution in [-0.2, 0) is 6.54 Å². The van der Waals surface area contributed by atoms with Crippen LogP contribution in [0.5, 0.6) is 0 Å². The zero-order valence-electron chi connectivity index (χ0n) is 11.1. The van der Waals surface area contributed by atoms with Gasteiger partial charge in [-0.3, -0.25) is 4.79 Å². The predicted molar refractivity (Wildman–Crippen MR) is 81.3 cm³/mol. The molecule has 1 aromatic heterocycles. The van der Waals surface area contributed by atoms with Crippen molar-refractivity contribution in [3.05, 3.63) is 58.5 Å². The van der Waals surface area contributed by atoms with Gasteiger partial charge in [0.2, 0.25) is 0 Å². The fourth-order valence-corrected chi connectivity index (χ4v) is 2.23. The summed E-state index contributed by atoms with van der Waals surface area (Å²) in [6, 6.07) is 13.3. The number of furan rings is 1. The monoisotopic (exact) mass is 336 g/mol. The number of amides is 1. The summed E-state index contributed by atoms with van der Waals surface area (Å²) in [6.07, 6.45) is 0.764. The Morgan fingerprint density at radius 1 is 1.20 bits per heavy atom. The molecule has 20 heavy (non-hydrogen) atoms. The Morgan fingerprint density at radius 2 is 1.95 bits per heavy atom. The molecule has 0 saturated heterocycles. The molecule has 2 aromatic rings. The first kappa shape index (κ1) is 14.8. The number of rotatable bonds is 6. The van der Waals surface area contributed by atoms with Crippen molar-refractivity contribution in [1.29, 1.82) is 0 Å². The van der Waals surface area contributed by atoms with Gasteiger partial charge in [-0.1, -0.05) is 30.3 Å². The number of nitrogens with zero attached hydrogens (tertiary/aromatic N) is 1. The van der Waals surface area contributed by atoms with E-state index in [1.807, 2.05) is 30.3 Å². The summed E-state index contributed by atoms with van der Waals surface area (Å²) in [7, 11) is 0. The van der Waals surface area contributed by atoms with Gasteiger partial charge < -0.3 is 15.1 Å². The van der Waals surface area contributed by atoms with E-state index in [0.29, 0.717) is 30.1 Å². The van der Waals surface area contributed by atoms with E-state index in [9.17, 15) is 4.79 Å². The van der Waals surface area contributed by atoms with Gasteiger partial charge in [0.25, 0.3) is 5.91 Å². The Kier molecular flexibility index (Phi) is 5.38. The molecule has 0 aliphatic heterocycles. The molecule has 106 valence electrons. The van der Waals surface area contributed by atoms with Crippen LogP contribution in [0, 0.1) is 0 Å². The highest BCUT2D eigenvalue weighted by Gasteiger charge is 2.18. The minimum absolute atomic E-state index is 0.118. The number of hydrogen-bond acceptors (Lipinski definition) is 3. The summed E-state index contributed by atoms with van der Waals surface area (Å²) in [5, 5.41) is 0. The van der Waals surface area contributed by atoms with Gasteiger partial charge in [-0.15, -0.1) is 0 Å². The zero-order valence-corrected chi connectivity index (χ0v) is 12.7. The highest BCUT2D eigenvalue weighted by molar-refractivity contribution is 9.10. The largest absolute Gasteiger partial charge is 0.444 e. The Labute approximate surface area is 126 Å². The number of halogens is 1. The first-order valence-electron chi connectivity index (χ1n) is 6.49. The van der Waals surface area contributed by atoms with Crippen molar-refractivity contribution in [2.45, 2.75) is 13.0 Å². The summed E-state index contributed by atoms with van der Waals surface area (Å²) in [5.74, 6) is 0.220. The number of carbonyl (C=O) groups excluding carboxylic acids is 1. The molecular formula is C15H17BrN2O2. The lowest BCUT2D eigenvalue weighted by molar-refractivity contribution is 0.0708. The smallest absolute Gasteiger partial charge is 0.289 e. The molecule has 0 saturated carbocycles.